The summed E-state index contributed by atoms with van der Waals surface area (Å²) in [6, 6.07) is 13.9. The van der Waals surface area contributed by atoms with Crippen molar-refractivity contribution < 1.29 is 9.59 Å². The molecule has 6 nitrogen and oxygen atoms in total. The molecule has 1 aromatic heterocycles. The number of hydrogen-bond acceptors (Lipinski definition) is 5. The van der Waals surface area contributed by atoms with Gasteiger partial charge in [0.15, 0.2) is 0 Å². The molecular formula is C20H17ClN4O2S. The van der Waals surface area contributed by atoms with Crippen LogP contribution in [-0.2, 0) is 11.2 Å². The van der Waals surface area contributed by atoms with E-state index in [0.29, 0.717) is 16.3 Å². The van der Waals surface area contributed by atoms with Crippen LogP contribution >= 0.6 is 22.9 Å². The van der Waals surface area contributed by atoms with E-state index >= 15 is 0 Å². The first-order valence-corrected chi connectivity index (χ1v) is 9.66. The maximum atomic E-state index is 12.3. The minimum atomic E-state index is -0.299. The highest BCUT2D eigenvalue weighted by Gasteiger charge is 2.10. The number of aryl methyl sites for hydroxylation is 1. The molecule has 0 saturated heterocycles. The molecule has 0 radical (unpaired) electrons. The lowest BCUT2D eigenvalue weighted by molar-refractivity contribution is -0.120. The fourth-order valence-electron chi connectivity index (χ4n) is 2.41. The van der Waals surface area contributed by atoms with Gasteiger partial charge in [0.05, 0.1) is 33.9 Å². The molecule has 142 valence electrons. The van der Waals surface area contributed by atoms with E-state index in [2.05, 4.69) is 20.8 Å². The molecule has 1 heterocycles. The second-order valence-electron chi connectivity index (χ2n) is 5.89. The van der Waals surface area contributed by atoms with Crippen LogP contribution in [0.4, 0.5) is 5.69 Å². The maximum Gasteiger partial charge on any atom is 0.257 e. The van der Waals surface area contributed by atoms with Crippen LogP contribution in [0.3, 0.4) is 0 Å². The van der Waals surface area contributed by atoms with Gasteiger partial charge in [-0.1, -0.05) is 35.9 Å². The van der Waals surface area contributed by atoms with E-state index in [-0.39, 0.29) is 18.2 Å². The molecule has 0 atom stereocenters. The summed E-state index contributed by atoms with van der Waals surface area (Å²) < 4.78 is 0. The topological polar surface area (TPSA) is 83.4 Å². The molecule has 0 fully saturated rings. The number of hydrazone groups is 1. The number of aromatic nitrogens is 1. The summed E-state index contributed by atoms with van der Waals surface area (Å²) in [5.41, 5.74) is 4.91. The number of halogens is 1. The van der Waals surface area contributed by atoms with Gasteiger partial charge < -0.3 is 5.32 Å². The van der Waals surface area contributed by atoms with Crippen molar-refractivity contribution in [3.8, 4) is 0 Å². The summed E-state index contributed by atoms with van der Waals surface area (Å²) in [5, 5.41) is 9.90. The average Bonchev–Trinajstić information content (AvgIpc) is 3.07. The Hall–Kier alpha value is -3.03. The smallest absolute Gasteiger partial charge is 0.257 e. The number of anilines is 1. The van der Waals surface area contributed by atoms with Gasteiger partial charge in [-0.05, 0) is 36.8 Å². The minimum absolute atomic E-state index is 0.176. The van der Waals surface area contributed by atoms with Crippen LogP contribution in [0.15, 0.2) is 59.0 Å². The normalized spacial score (nSPS) is 10.8. The number of nitrogens with zero attached hydrogens (tertiary/aromatic N) is 2. The molecule has 0 saturated carbocycles. The first-order chi connectivity index (χ1) is 13.5. The number of carbonyl (C=O) groups is 2. The van der Waals surface area contributed by atoms with Gasteiger partial charge in [0.1, 0.15) is 0 Å². The van der Waals surface area contributed by atoms with E-state index in [0.717, 1.165) is 16.3 Å². The summed E-state index contributed by atoms with van der Waals surface area (Å²) in [7, 11) is 0. The molecule has 0 aliphatic carbocycles. The molecule has 3 aromatic rings. The zero-order valence-corrected chi connectivity index (χ0v) is 16.6. The Balaban J connectivity index is 1.58. The highest BCUT2D eigenvalue weighted by atomic mass is 35.5. The van der Waals surface area contributed by atoms with E-state index in [9.17, 15) is 9.59 Å². The summed E-state index contributed by atoms with van der Waals surface area (Å²) in [4.78, 5) is 28.5. The van der Waals surface area contributed by atoms with Crippen LogP contribution in [0.1, 0.15) is 26.6 Å². The minimum Gasteiger partial charge on any atom is -0.322 e. The van der Waals surface area contributed by atoms with Gasteiger partial charge in [-0.3, -0.25) is 9.59 Å². The molecule has 28 heavy (non-hydrogen) atoms. The predicted molar refractivity (Wildman–Crippen MR) is 112 cm³/mol. The largest absolute Gasteiger partial charge is 0.322 e. The number of rotatable bonds is 6. The third-order valence-corrected chi connectivity index (χ3v) is 4.83. The first-order valence-electron chi connectivity index (χ1n) is 8.40. The molecule has 2 amide bonds. The summed E-state index contributed by atoms with van der Waals surface area (Å²) in [6.07, 6.45) is 1.69. The lowest BCUT2D eigenvalue weighted by Crippen LogP contribution is -2.20. The van der Waals surface area contributed by atoms with Crippen molar-refractivity contribution in [3.63, 3.8) is 0 Å². The highest BCUT2D eigenvalue weighted by molar-refractivity contribution is 7.09. The quantitative estimate of drug-likeness (QED) is 0.473. The number of amides is 2. The van der Waals surface area contributed by atoms with Crippen molar-refractivity contribution in [1.82, 2.24) is 10.4 Å². The Labute approximate surface area is 171 Å². The number of nitrogens with one attached hydrogen (secondary N) is 2. The SMILES string of the molecule is Cc1nc(CC(=O)N/N=C\c2cccc(NC(=O)c3ccccc3Cl)c2)cs1. The standard InChI is InChI=1S/C20H17ClN4O2S/c1-13-23-16(12-28-13)10-19(26)25-22-11-14-5-4-6-15(9-14)24-20(27)17-7-2-3-8-18(17)21/h2-9,11-12H,10H2,1H3,(H,24,27)(H,25,26)/b22-11-. The summed E-state index contributed by atoms with van der Waals surface area (Å²) in [5.74, 6) is -0.545. The van der Waals surface area contributed by atoms with E-state index in [1.165, 1.54) is 17.6 Å². The molecule has 0 aliphatic rings. The Morgan fingerprint density at radius 1 is 1.21 bits per heavy atom. The second-order valence-corrected chi connectivity index (χ2v) is 7.36. The molecule has 0 bridgehead atoms. The van der Waals surface area contributed by atoms with Crippen molar-refractivity contribution in [2.24, 2.45) is 5.10 Å². The lowest BCUT2D eigenvalue weighted by Gasteiger charge is -2.07. The molecule has 8 heteroatoms. The number of hydrogen-bond donors (Lipinski definition) is 2. The van der Waals surface area contributed by atoms with Crippen LogP contribution in [0.25, 0.3) is 0 Å². The maximum absolute atomic E-state index is 12.3. The van der Waals surface area contributed by atoms with Crippen LogP contribution in [0.2, 0.25) is 5.02 Å². The molecule has 2 N–H and O–H groups in total. The van der Waals surface area contributed by atoms with Gasteiger partial charge in [0, 0.05) is 11.1 Å². The lowest BCUT2D eigenvalue weighted by atomic mass is 10.2. The molecule has 3 rings (SSSR count). The third-order valence-electron chi connectivity index (χ3n) is 3.67. The Morgan fingerprint density at radius 2 is 2.04 bits per heavy atom. The van der Waals surface area contributed by atoms with E-state index in [4.69, 9.17) is 11.6 Å². The Bertz CT molecular complexity index is 1030. The van der Waals surface area contributed by atoms with Crippen molar-refractivity contribution in [2.75, 3.05) is 5.32 Å². The third kappa shape index (κ3) is 5.48. The molecule has 2 aromatic carbocycles. The number of thiazole rings is 1. The van der Waals surface area contributed by atoms with Crippen molar-refractivity contribution in [1.29, 1.82) is 0 Å². The van der Waals surface area contributed by atoms with E-state index in [1.807, 2.05) is 18.4 Å². The van der Waals surface area contributed by atoms with Gasteiger partial charge >= 0.3 is 0 Å². The van der Waals surface area contributed by atoms with Crippen LogP contribution in [-0.4, -0.2) is 23.0 Å². The van der Waals surface area contributed by atoms with Crippen LogP contribution < -0.4 is 10.7 Å². The van der Waals surface area contributed by atoms with Gasteiger partial charge in [-0.2, -0.15) is 5.10 Å². The van der Waals surface area contributed by atoms with Gasteiger partial charge in [-0.25, -0.2) is 10.4 Å². The zero-order valence-electron chi connectivity index (χ0n) is 15.0. The van der Waals surface area contributed by atoms with Gasteiger partial charge in [0.25, 0.3) is 5.91 Å². The number of carbonyl (C=O) groups excluding carboxylic acids is 2. The Morgan fingerprint density at radius 3 is 2.79 bits per heavy atom. The highest BCUT2D eigenvalue weighted by Crippen LogP contribution is 2.17. The first kappa shape index (κ1) is 19.7. The molecule has 0 unspecified atom stereocenters. The van der Waals surface area contributed by atoms with Crippen LogP contribution in [0, 0.1) is 6.92 Å². The van der Waals surface area contributed by atoms with E-state index in [1.54, 1.807) is 42.5 Å². The Kier molecular flexibility index (Phi) is 6.52. The predicted octanol–water partition coefficient (Wildman–Crippen LogP) is 4.05. The van der Waals surface area contributed by atoms with Crippen LogP contribution in [0.5, 0.6) is 0 Å². The monoisotopic (exact) mass is 412 g/mol. The van der Waals surface area contributed by atoms with Crippen molar-refractivity contribution in [3.05, 3.63) is 80.8 Å². The van der Waals surface area contributed by atoms with E-state index < -0.39 is 0 Å². The second kappa shape index (κ2) is 9.25. The summed E-state index contributed by atoms with van der Waals surface area (Å²) >= 11 is 7.55. The fraction of sp³-hybridized carbons (Fsp3) is 0.100. The number of benzene rings is 2. The molecular weight excluding hydrogens is 396 g/mol. The summed E-state index contributed by atoms with van der Waals surface area (Å²) in [6.45, 7) is 1.89. The van der Waals surface area contributed by atoms with Gasteiger partial charge in [-0.15, -0.1) is 11.3 Å². The molecule has 0 spiro atoms. The van der Waals surface area contributed by atoms with Gasteiger partial charge in [0.2, 0.25) is 5.91 Å². The fourth-order valence-corrected chi connectivity index (χ4v) is 3.25. The van der Waals surface area contributed by atoms with Crippen molar-refractivity contribution >= 4 is 46.7 Å². The zero-order chi connectivity index (χ0) is 19.9. The van der Waals surface area contributed by atoms with Crippen molar-refractivity contribution in [2.45, 2.75) is 13.3 Å². The average molecular weight is 413 g/mol. The molecule has 0 aliphatic heterocycles.